The van der Waals surface area contributed by atoms with Crippen molar-refractivity contribution in [3.8, 4) is 16.9 Å². The Kier molecular flexibility index (Phi) is 11.2. The molecular weight excluding hydrogens is 554 g/mol. The van der Waals surface area contributed by atoms with Crippen molar-refractivity contribution in [2.24, 2.45) is 0 Å². The summed E-state index contributed by atoms with van der Waals surface area (Å²) in [5.41, 5.74) is 5.27. The lowest BCUT2D eigenvalue weighted by molar-refractivity contribution is 0.311. The molecule has 0 aromatic heterocycles. The van der Waals surface area contributed by atoms with Gasteiger partial charge in [0.15, 0.2) is 0 Å². The molecule has 6 nitrogen and oxygen atoms in total. The van der Waals surface area contributed by atoms with Gasteiger partial charge in [0.05, 0.1) is 0 Å². The number of nitrogens with zero attached hydrogens (tertiary/aromatic N) is 1. The molecular formula is C36H41N3O3S. The molecule has 1 heterocycles. The fourth-order valence-electron chi connectivity index (χ4n) is 5.21. The first kappa shape index (κ1) is 30.7. The Balaban J connectivity index is 1.18. The zero-order chi connectivity index (χ0) is 29.7. The number of ether oxygens (including phenoxy) is 1. The van der Waals surface area contributed by atoms with E-state index in [-0.39, 0.29) is 6.04 Å². The van der Waals surface area contributed by atoms with Crippen molar-refractivity contribution in [2.45, 2.75) is 38.4 Å². The third kappa shape index (κ3) is 9.63. The molecule has 0 saturated carbocycles. The Bertz CT molecular complexity index is 1520. The number of hydrogen-bond acceptors (Lipinski definition) is 5. The van der Waals surface area contributed by atoms with E-state index in [2.05, 4.69) is 47.0 Å². The summed E-state index contributed by atoms with van der Waals surface area (Å²) in [6.45, 7) is 3.88. The minimum atomic E-state index is -3.61. The second-order valence-corrected chi connectivity index (χ2v) is 12.7. The number of sulfonamides is 1. The van der Waals surface area contributed by atoms with E-state index in [1.807, 2.05) is 72.8 Å². The Hall–Kier alpha value is -3.75. The van der Waals surface area contributed by atoms with Crippen LogP contribution in [0.1, 0.15) is 36.0 Å². The average molecular weight is 596 g/mol. The van der Waals surface area contributed by atoms with Crippen molar-refractivity contribution in [1.29, 1.82) is 0 Å². The first-order valence-electron chi connectivity index (χ1n) is 15.1. The minimum Gasteiger partial charge on any atom is -0.492 e. The highest BCUT2D eigenvalue weighted by atomic mass is 32.2. The maximum atomic E-state index is 13.5. The predicted molar refractivity (Wildman–Crippen MR) is 176 cm³/mol. The SMILES string of the molecule is O=S(=O)(/C=C/c1ccccc1)N(Cc1ccc(-c2ccc(CNCCOc3ccccc3)cc2)cc1)CC1CCCCN1. The van der Waals surface area contributed by atoms with Gasteiger partial charge in [-0.15, -0.1) is 0 Å². The topological polar surface area (TPSA) is 70.7 Å². The van der Waals surface area contributed by atoms with Crippen LogP contribution in [-0.2, 0) is 23.1 Å². The summed E-state index contributed by atoms with van der Waals surface area (Å²) in [5, 5.41) is 8.27. The van der Waals surface area contributed by atoms with Crippen LogP contribution in [0.4, 0.5) is 0 Å². The highest BCUT2D eigenvalue weighted by Gasteiger charge is 2.24. The quantitative estimate of drug-likeness (QED) is 0.164. The lowest BCUT2D eigenvalue weighted by Crippen LogP contribution is -2.45. The van der Waals surface area contributed by atoms with Crippen LogP contribution >= 0.6 is 0 Å². The fourth-order valence-corrected chi connectivity index (χ4v) is 6.43. The number of nitrogens with one attached hydrogen (secondary N) is 2. The smallest absolute Gasteiger partial charge is 0.236 e. The van der Waals surface area contributed by atoms with Crippen LogP contribution in [0.2, 0.25) is 0 Å². The summed E-state index contributed by atoms with van der Waals surface area (Å²) in [6, 6.07) is 36.3. The molecule has 0 bridgehead atoms. The normalized spacial score (nSPS) is 15.6. The van der Waals surface area contributed by atoms with Crippen molar-refractivity contribution in [3.63, 3.8) is 0 Å². The third-order valence-electron chi connectivity index (χ3n) is 7.65. The van der Waals surface area contributed by atoms with Gasteiger partial charge in [-0.2, -0.15) is 4.31 Å². The van der Waals surface area contributed by atoms with Gasteiger partial charge in [-0.1, -0.05) is 103 Å². The highest BCUT2D eigenvalue weighted by Crippen LogP contribution is 2.23. The first-order valence-corrected chi connectivity index (χ1v) is 16.6. The van der Waals surface area contributed by atoms with Gasteiger partial charge in [0.25, 0.3) is 0 Å². The van der Waals surface area contributed by atoms with Gasteiger partial charge in [-0.25, -0.2) is 8.42 Å². The van der Waals surface area contributed by atoms with E-state index in [9.17, 15) is 8.42 Å². The van der Waals surface area contributed by atoms with Gasteiger partial charge in [-0.05, 0) is 65.4 Å². The second kappa shape index (κ2) is 15.6. The lowest BCUT2D eigenvalue weighted by atomic mass is 10.0. The van der Waals surface area contributed by atoms with E-state index in [0.717, 1.165) is 66.9 Å². The van der Waals surface area contributed by atoms with Crippen LogP contribution in [0.3, 0.4) is 0 Å². The minimum absolute atomic E-state index is 0.164. The Morgan fingerprint density at radius 3 is 2.12 bits per heavy atom. The highest BCUT2D eigenvalue weighted by molar-refractivity contribution is 7.92. The van der Waals surface area contributed by atoms with Crippen LogP contribution in [0.15, 0.2) is 115 Å². The molecule has 1 aliphatic heterocycles. The first-order chi connectivity index (χ1) is 21.0. The van der Waals surface area contributed by atoms with Crippen LogP contribution in [0.5, 0.6) is 5.75 Å². The largest absolute Gasteiger partial charge is 0.492 e. The lowest BCUT2D eigenvalue weighted by Gasteiger charge is -2.29. The van der Waals surface area contributed by atoms with Crippen molar-refractivity contribution in [1.82, 2.24) is 14.9 Å². The summed E-state index contributed by atoms with van der Waals surface area (Å²) in [7, 11) is -3.61. The molecule has 224 valence electrons. The standard InChI is InChI=1S/C36H41N3O3S/c40-43(41,26-22-30-9-3-1-4-10-30)39(29-35-11-7-8-23-38-35)28-32-16-20-34(21-17-32)33-18-14-31(15-19-33)27-37-24-25-42-36-12-5-2-6-13-36/h1-6,9-10,12-22,26,35,37-38H,7-8,11,23-25,27-29H2/b26-22+. The van der Waals surface area contributed by atoms with Crippen LogP contribution in [-0.4, -0.2) is 45.0 Å². The van der Waals surface area contributed by atoms with Crippen molar-refractivity contribution < 1.29 is 13.2 Å². The van der Waals surface area contributed by atoms with Crippen LogP contribution < -0.4 is 15.4 Å². The molecule has 0 radical (unpaired) electrons. The summed E-state index contributed by atoms with van der Waals surface area (Å²) in [6.07, 6.45) is 4.93. The summed E-state index contributed by atoms with van der Waals surface area (Å²) >= 11 is 0. The molecule has 7 heteroatoms. The molecule has 2 N–H and O–H groups in total. The Morgan fingerprint density at radius 2 is 1.47 bits per heavy atom. The zero-order valence-corrected chi connectivity index (χ0v) is 25.4. The summed E-state index contributed by atoms with van der Waals surface area (Å²) in [5.74, 6) is 0.884. The average Bonchev–Trinajstić information content (AvgIpc) is 3.05. The number of benzene rings is 4. The monoisotopic (exact) mass is 595 g/mol. The third-order valence-corrected chi connectivity index (χ3v) is 9.13. The van der Waals surface area contributed by atoms with Gasteiger partial charge >= 0.3 is 0 Å². The molecule has 43 heavy (non-hydrogen) atoms. The molecule has 0 amide bonds. The maximum Gasteiger partial charge on any atom is 0.236 e. The van der Waals surface area contributed by atoms with E-state index in [0.29, 0.717) is 19.7 Å². The molecule has 5 rings (SSSR count). The van der Waals surface area contributed by atoms with Gasteiger partial charge < -0.3 is 15.4 Å². The zero-order valence-electron chi connectivity index (χ0n) is 24.6. The van der Waals surface area contributed by atoms with E-state index in [1.54, 1.807) is 10.4 Å². The van der Waals surface area contributed by atoms with Crippen LogP contribution in [0, 0.1) is 0 Å². The maximum absolute atomic E-state index is 13.5. The predicted octanol–water partition coefficient (Wildman–Crippen LogP) is 6.47. The molecule has 0 aliphatic carbocycles. The molecule has 0 spiro atoms. The Morgan fingerprint density at radius 1 is 0.814 bits per heavy atom. The van der Waals surface area contributed by atoms with Crippen molar-refractivity contribution in [3.05, 3.63) is 131 Å². The molecule has 1 fully saturated rings. The Labute approximate surface area is 256 Å². The molecule has 1 saturated heterocycles. The summed E-state index contributed by atoms with van der Waals surface area (Å²) < 4.78 is 34.3. The van der Waals surface area contributed by atoms with E-state index in [1.165, 1.54) is 11.0 Å². The molecule has 4 aromatic carbocycles. The summed E-state index contributed by atoms with van der Waals surface area (Å²) in [4.78, 5) is 0. The van der Waals surface area contributed by atoms with Crippen molar-refractivity contribution in [2.75, 3.05) is 26.2 Å². The number of rotatable bonds is 14. The van der Waals surface area contributed by atoms with Crippen molar-refractivity contribution >= 4 is 16.1 Å². The van der Waals surface area contributed by atoms with Gasteiger partial charge in [-0.3, -0.25) is 0 Å². The number of piperidine rings is 1. The van der Waals surface area contributed by atoms with Gasteiger partial charge in [0.1, 0.15) is 12.4 Å². The fraction of sp³-hybridized carbons (Fsp3) is 0.278. The van der Waals surface area contributed by atoms with Gasteiger partial charge in [0.2, 0.25) is 10.0 Å². The molecule has 1 aliphatic rings. The van der Waals surface area contributed by atoms with E-state index in [4.69, 9.17) is 4.74 Å². The number of para-hydroxylation sites is 1. The molecule has 1 unspecified atom stereocenters. The van der Waals surface area contributed by atoms with E-state index < -0.39 is 10.0 Å². The second-order valence-electron chi connectivity index (χ2n) is 10.9. The van der Waals surface area contributed by atoms with Crippen LogP contribution in [0.25, 0.3) is 17.2 Å². The number of hydrogen-bond donors (Lipinski definition) is 2. The van der Waals surface area contributed by atoms with Gasteiger partial charge in [0, 0.05) is 37.6 Å². The molecule has 4 aromatic rings. The molecule has 1 atom stereocenters. The van der Waals surface area contributed by atoms with E-state index >= 15 is 0 Å².